The van der Waals surface area contributed by atoms with Crippen molar-refractivity contribution in [1.29, 1.82) is 0 Å². The smallest absolute Gasteiger partial charge is 0.246 e. The summed E-state index contributed by atoms with van der Waals surface area (Å²) in [7, 11) is 0. The predicted octanol–water partition coefficient (Wildman–Crippen LogP) is 1.87. The van der Waals surface area contributed by atoms with Crippen LogP contribution in [0.3, 0.4) is 0 Å². The minimum absolute atomic E-state index is 0.0484. The molecule has 2 amide bonds. The molecule has 2 N–H and O–H groups in total. The normalized spacial score (nSPS) is 10.5. The van der Waals surface area contributed by atoms with Gasteiger partial charge in [-0.15, -0.1) is 0 Å². The molecule has 0 spiro atoms. The number of amides is 2. The minimum Gasteiger partial charge on any atom is -0.372 e. The Morgan fingerprint density at radius 1 is 1.09 bits per heavy atom. The molecular formula is C17H26N2O3. The molecule has 5 heteroatoms. The highest BCUT2D eigenvalue weighted by atomic mass is 16.5. The summed E-state index contributed by atoms with van der Waals surface area (Å²) in [4.78, 5) is 23.0. The van der Waals surface area contributed by atoms with Crippen LogP contribution in [-0.2, 0) is 20.9 Å². The minimum atomic E-state index is -0.132. The van der Waals surface area contributed by atoms with Crippen molar-refractivity contribution in [3.8, 4) is 0 Å². The lowest BCUT2D eigenvalue weighted by Crippen LogP contribution is -2.28. The molecule has 22 heavy (non-hydrogen) atoms. The van der Waals surface area contributed by atoms with Gasteiger partial charge in [-0.3, -0.25) is 9.59 Å². The topological polar surface area (TPSA) is 67.4 Å². The van der Waals surface area contributed by atoms with Crippen LogP contribution in [0.5, 0.6) is 0 Å². The Morgan fingerprint density at radius 3 is 2.50 bits per heavy atom. The van der Waals surface area contributed by atoms with E-state index in [1.165, 1.54) is 0 Å². The van der Waals surface area contributed by atoms with Crippen molar-refractivity contribution in [2.75, 3.05) is 19.8 Å². The van der Waals surface area contributed by atoms with Crippen LogP contribution in [0.1, 0.15) is 32.3 Å². The Hall–Kier alpha value is -1.88. The lowest BCUT2D eigenvalue weighted by Gasteiger charge is -2.08. The summed E-state index contributed by atoms with van der Waals surface area (Å²) >= 11 is 0. The molecule has 1 rings (SSSR count). The summed E-state index contributed by atoms with van der Waals surface area (Å²) < 4.78 is 5.28. The van der Waals surface area contributed by atoms with E-state index in [-0.39, 0.29) is 18.4 Å². The van der Waals surface area contributed by atoms with Gasteiger partial charge in [-0.1, -0.05) is 44.2 Å². The zero-order valence-electron chi connectivity index (χ0n) is 13.4. The Labute approximate surface area is 132 Å². The Bertz CT molecular complexity index is 446. The first kappa shape index (κ1) is 18.2. The third kappa shape index (κ3) is 9.13. The van der Waals surface area contributed by atoms with Gasteiger partial charge in [-0.2, -0.15) is 0 Å². The quantitative estimate of drug-likeness (QED) is 0.649. The molecule has 1 aromatic carbocycles. The largest absolute Gasteiger partial charge is 0.372 e. The zero-order chi connectivity index (χ0) is 16.2. The second-order valence-electron chi connectivity index (χ2n) is 5.62. The highest BCUT2D eigenvalue weighted by Crippen LogP contribution is 1.98. The van der Waals surface area contributed by atoms with Gasteiger partial charge in [0, 0.05) is 26.1 Å². The number of carbonyl (C=O) groups excluding carboxylic acids is 2. The monoisotopic (exact) mass is 306 g/mol. The van der Waals surface area contributed by atoms with E-state index < -0.39 is 0 Å². The van der Waals surface area contributed by atoms with Crippen LogP contribution in [0, 0.1) is 5.92 Å². The Kier molecular flexibility index (Phi) is 8.91. The van der Waals surface area contributed by atoms with Gasteiger partial charge in [-0.25, -0.2) is 0 Å². The third-order valence-electron chi connectivity index (χ3n) is 2.95. The molecule has 0 aliphatic heterocycles. The molecule has 0 aliphatic rings. The molecule has 122 valence electrons. The molecular weight excluding hydrogens is 280 g/mol. The molecule has 0 radical (unpaired) electrons. The summed E-state index contributed by atoms with van der Waals surface area (Å²) in [6, 6.07) is 9.73. The lowest BCUT2D eigenvalue weighted by atomic mass is 10.1. The lowest BCUT2D eigenvalue weighted by molar-refractivity contribution is -0.126. The molecule has 0 fully saturated rings. The van der Waals surface area contributed by atoms with Gasteiger partial charge in [-0.05, 0) is 17.9 Å². The van der Waals surface area contributed by atoms with Crippen molar-refractivity contribution >= 4 is 11.8 Å². The third-order valence-corrected chi connectivity index (χ3v) is 2.95. The number of ether oxygens (including phenoxy) is 1. The van der Waals surface area contributed by atoms with Crippen molar-refractivity contribution in [2.24, 2.45) is 5.92 Å². The van der Waals surface area contributed by atoms with Gasteiger partial charge in [0.1, 0.15) is 6.61 Å². The second kappa shape index (κ2) is 10.8. The van der Waals surface area contributed by atoms with E-state index in [4.69, 9.17) is 4.74 Å². The molecule has 0 aliphatic carbocycles. The van der Waals surface area contributed by atoms with Gasteiger partial charge in [0.25, 0.3) is 0 Å². The predicted molar refractivity (Wildman–Crippen MR) is 86.2 cm³/mol. The molecule has 0 heterocycles. The van der Waals surface area contributed by atoms with E-state index in [2.05, 4.69) is 10.6 Å². The van der Waals surface area contributed by atoms with Crippen LogP contribution in [-0.4, -0.2) is 31.6 Å². The van der Waals surface area contributed by atoms with Crippen LogP contribution >= 0.6 is 0 Å². The second-order valence-corrected chi connectivity index (χ2v) is 5.62. The maximum Gasteiger partial charge on any atom is 0.246 e. The molecule has 0 unspecified atom stereocenters. The van der Waals surface area contributed by atoms with E-state index in [9.17, 15) is 9.59 Å². The SMILES string of the molecule is CC(C)CC(=O)NCCCOCC(=O)NCc1ccccc1. The first-order chi connectivity index (χ1) is 10.6. The van der Waals surface area contributed by atoms with Crippen molar-refractivity contribution < 1.29 is 14.3 Å². The number of hydrogen-bond donors (Lipinski definition) is 2. The van der Waals surface area contributed by atoms with Crippen molar-refractivity contribution in [1.82, 2.24) is 10.6 Å². The number of rotatable bonds is 10. The maximum atomic E-state index is 11.6. The molecule has 5 nitrogen and oxygen atoms in total. The van der Waals surface area contributed by atoms with E-state index in [0.29, 0.717) is 38.5 Å². The molecule has 0 atom stereocenters. The van der Waals surface area contributed by atoms with E-state index in [1.807, 2.05) is 44.2 Å². The van der Waals surface area contributed by atoms with Crippen LogP contribution in [0.15, 0.2) is 30.3 Å². The maximum absolute atomic E-state index is 11.6. The average Bonchev–Trinajstić information content (AvgIpc) is 2.49. The number of carbonyl (C=O) groups is 2. The summed E-state index contributed by atoms with van der Waals surface area (Å²) in [5.41, 5.74) is 1.06. The van der Waals surface area contributed by atoms with Crippen LogP contribution in [0.2, 0.25) is 0 Å². The van der Waals surface area contributed by atoms with Crippen LogP contribution < -0.4 is 10.6 Å². The van der Waals surface area contributed by atoms with E-state index in [1.54, 1.807) is 0 Å². The first-order valence-corrected chi connectivity index (χ1v) is 7.73. The molecule has 0 aromatic heterocycles. The Balaban J connectivity index is 1.98. The van der Waals surface area contributed by atoms with Gasteiger partial charge in [0.2, 0.25) is 11.8 Å². The fourth-order valence-corrected chi connectivity index (χ4v) is 1.86. The summed E-state index contributed by atoms with van der Waals surface area (Å²) in [5.74, 6) is 0.299. The highest BCUT2D eigenvalue weighted by Gasteiger charge is 2.04. The fourth-order valence-electron chi connectivity index (χ4n) is 1.86. The van der Waals surface area contributed by atoms with Gasteiger partial charge in [0.05, 0.1) is 0 Å². The first-order valence-electron chi connectivity index (χ1n) is 7.73. The van der Waals surface area contributed by atoms with Gasteiger partial charge < -0.3 is 15.4 Å². The molecule has 0 saturated heterocycles. The number of nitrogens with one attached hydrogen (secondary N) is 2. The fraction of sp³-hybridized carbons (Fsp3) is 0.529. The van der Waals surface area contributed by atoms with Crippen molar-refractivity contribution in [3.05, 3.63) is 35.9 Å². The number of hydrogen-bond acceptors (Lipinski definition) is 3. The zero-order valence-corrected chi connectivity index (χ0v) is 13.4. The van der Waals surface area contributed by atoms with E-state index >= 15 is 0 Å². The Morgan fingerprint density at radius 2 is 1.82 bits per heavy atom. The summed E-state index contributed by atoms with van der Waals surface area (Å²) in [6.07, 6.45) is 1.25. The molecule has 0 saturated carbocycles. The van der Waals surface area contributed by atoms with Crippen molar-refractivity contribution in [3.63, 3.8) is 0 Å². The summed E-state index contributed by atoms with van der Waals surface area (Å²) in [6.45, 7) is 5.62. The van der Waals surface area contributed by atoms with Crippen molar-refractivity contribution in [2.45, 2.75) is 33.2 Å². The van der Waals surface area contributed by atoms with Crippen LogP contribution in [0.25, 0.3) is 0 Å². The average molecular weight is 306 g/mol. The van der Waals surface area contributed by atoms with E-state index in [0.717, 1.165) is 5.56 Å². The molecule has 0 bridgehead atoms. The highest BCUT2D eigenvalue weighted by molar-refractivity contribution is 5.77. The number of benzene rings is 1. The van der Waals surface area contributed by atoms with Gasteiger partial charge in [0.15, 0.2) is 0 Å². The molecule has 1 aromatic rings. The van der Waals surface area contributed by atoms with Crippen LogP contribution in [0.4, 0.5) is 0 Å². The summed E-state index contributed by atoms with van der Waals surface area (Å²) in [5, 5.41) is 5.63. The van der Waals surface area contributed by atoms with Gasteiger partial charge >= 0.3 is 0 Å². The standard InChI is InChI=1S/C17H26N2O3/c1-14(2)11-16(20)18-9-6-10-22-13-17(21)19-12-15-7-4-3-5-8-15/h3-5,7-8,14H,6,9-13H2,1-2H3,(H,18,20)(H,19,21).